The number of fused-ring (bicyclic) bond motifs is 1. The number of ether oxygens (including phenoxy) is 1. The van der Waals surface area contributed by atoms with Crippen LogP contribution >= 0.6 is 0 Å². The van der Waals surface area contributed by atoms with Crippen LogP contribution in [0.2, 0.25) is 0 Å². The number of piperidine rings is 1. The fraction of sp³-hybridized carbons (Fsp3) is 0.364. The van der Waals surface area contributed by atoms with E-state index in [1.54, 1.807) is 7.11 Å². The Hall–Kier alpha value is -3.02. The molecule has 4 rings (SSSR count). The summed E-state index contributed by atoms with van der Waals surface area (Å²) in [5, 5.41) is 3.07. The lowest BCUT2D eigenvalue weighted by Crippen LogP contribution is -2.40. The van der Waals surface area contributed by atoms with Gasteiger partial charge in [0.2, 0.25) is 11.9 Å². The van der Waals surface area contributed by atoms with E-state index in [1.807, 2.05) is 30.3 Å². The largest absolute Gasteiger partial charge is 0.497 e. The molecule has 6 heteroatoms. The lowest BCUT2D eigenvalue weighted by Gasteiger charge is -2.31. The minimum atomic E-state index is 0.0566. The van der Waals surface area contributed by atoms with Crippen LogP contribution in [0, 0.1) is 12.8 Å². The van der Waals surface area contributed by atoms with Crippen LogP contribution < -0.4 is 15.0 Å². The van der Waals surface area contributed by atoms with Gasteiger partial charge in [-0.3, -0.25) is 4.79 Å². The first kappa shape index (κ1) is 18.3. The summed E-state index contributed by atoms with van der Waals surface area (Å²) >= 11 is 0. The average Bonchev–Trinajstić information content (AvgIpc) is 3.15. The van der Waals surface area contributed by atoms with E-state index in [0.717, 1.165) is 54.2 Å². The van der Waals surface area contributed by atoms with E-state index < -0.39 is 0 Å². The molecule has 0 saturated carbocycles. The molecule has 2 aromatic carbocycles. The zero-order valence-electron chi connectivity index (χ0n) is 16.4. The molecule has 0 spiro atoms. The molecule has 1 aliphatic rings. The zero-order valence-corrected chi connectivity index (χ0v) is 16.4. The molecule has 0 bridgehead atoms. The van der Waals surface area contributed by atoms with Gasteiger partial charge in [-0.1, -0.05) is 18.2 Å². The van der Waals surface area contributed by atoms with E-state index in [-0.39, 0.29) is 11.8 Å². The molecule has 2 N–H and O–H groups in total. The predicted molar refractivity (Wildman–Crippen MR) is 111 cm³/mol. The summed E-state index contributed by atoms with van der Waals surface area (Å²) in [5.74, 6) is 1.91. The summed E-state index contributed by atoms with van der Waals surface area (Å²) in [7, 11) is 1.65. The van der Waals surface area contributed by atoms with Crippen molar-refractivity contribution in [2.45, 2.75) is 26.3 Å². The Kier molecular flexibility index (Phi) is 5.19. The standard InChI is InChI=1S/C22H26N4O2/c1-15-3-8-19-20(13-15)25-22(24-19)26-11-9-17(10-12-26)21(27)23-14-16-4-6-18(28-2)7-5-16/h3-8,13,17H,9-12,14H2,1-2H3,(H,23,27)(H,24,25). The van der Waals surface area contributed by atoms with Gasteiger partial charge in [-0.2, -0.15) is 0 Å². The zero-order chi connectivity index (χ0) is 19.5. The number of nitrogens with one attached hydrogen (secondary N) is 2. The minimum Gasteiger partial charge on any atom is -0.497 e. The highest BCUT2D eigenvalue weighted by atomic mass is 16.5. The van der Waals surface area contributed by atoms with Crippen molar-refractivity contribution >= 4 is 22.9 Å². The summed E-state index contributed by atoms with van der Waals surface area (Å²) in [4.78, 5) is 22.9. The molecule has 0 radical (unpaired) electrons. The first-order valence-corrected chi connectivity index (χ1v) is 9.74. The lowest BCUT2D eigenvalue weighted by molar-refractivity contribution is -0.125. The quantitative estimate of drug-likeness (QED) is 0.714. The second kappa shape index (κ2) is 7.92. The molecule has 3 aromatic rings. The highest BCUT2D eigenvalue weighted by Gasteiger charge is 2.26. The molecule has 0 atom stereocenters. The van der Waals surface area contributed by atoms with Gasteiger partial charge in [0.05, 0.1) is 18.1 Å². The average molecular weight is 378 g/mol. The SMILES string of the molecule is COc1ccc(CNC(=O)C2CCN(c3nc4ccc(C)cc4[nH]3)CC2)cc1. The molecule has 0 unspecified atom stereocenters. The van der Waals surface area contributed by atoms with Crippen LogP contribution in [0.15, 0.2) is 42.5 Å². The third kappa shape index (κ3) is 3.96. The maximum atomic E-state index is 12.5. The lowest BCUT2D eigenvalue weighted by atomic mass is 9.96. The number of rotatable bonds is 5. The number of nitrogens with zero attached hydrogens (tertiary/aromatic N) is 2. The van der Waals surface area contributed by atoms with Crippen LogP contribution in [-0.4, -0.2) is 36.1 Å². The Balaban J connectivity index is 1.30. The first-order valence-electron chi connectivity index (χ1n) is 9.74. The second-order valence-corrected chi connectivity index (χ2v) is 7.41. The van der Waals surface area contributed by atoms with Crippen molar-refractivity contribution in [3.8, 4) is 5.75 Å². The van der Waals surface area contributed by atoms with Gasteiger partial charge in [-0.05, 0) is 55.2 Å². The van der Waals surface area contributed by atoms with Crippen molar-refractivity contribution < 1.29 is 9.53 Å². The molecular weight excluding hydrogens is 352 g/mol. The monoisotopic (exact) mass is 378 g/mol. The molecule has 1 aromatic heterocycles. The van der Waals surface area contributed by atoms with Gasteiger partial charge in [0, 0.05) is 25.6 Å². The van der Waals surface area contributed by atoms with Crippen molar-refractivity contribution in [1.82, 2.24) is 15.3 Å². The number of anilines is 1. The Bertz CT molecular complexity index is 956. The molecule has 28 heavy (non-hydrogen) atoms. The normalized spacial score (nSPS) is 15.0. The van der Waals surface area contributed by atoms with Gasteiger partial charge in [-0.15, -0.1) is 0 Å². The van der Waals surface area contributed by atoms with E-state index in [1.165, 1.54) is 5.56 Å². The van der Waals surface area contributed by atoms with Gasteiger partial charge >= 0.3 is 0 Å². The molecule has 6 nitrogen and oxygen atoms in total. The third-order valence-corrected chi connectivity index (χ3v) is 5.42. The highest BCUT2D eigenvalue weighted by molar-refractivity contribution is 5.80. The Morgan fingerprint density at radius 2 is 1.96 bits per heavy atom. The number of aromatic nitrogens is 2. The van der Waals surface area contributed by atoms with Gasteiger partial charge in [0.25, 0.3) is 0 Å². The maximum Gasteiger partial charge on any atom is 0.223 e. The summed E-state index contributed by atoms with van der Waals surface area (Å²) in [6.45, 7) is 4.29. The van der Waals surface area contributed by atoms with Crippen LogP contribution in [0.5, 0.6) is 5.75 Å². The second-order valence-electron chi connectivity index (χ2n) is 7.41. The number of aryl methyl sites for hydroxylation is 1. The number of carbonyl (C=O) groups excluding carboxylic acids is 1. The molecule has 2 heterocycles. The first-order chi connectivity index (χ1) is 13.6. The topological polar surface area (TPSA) is 70.2 Å². The fourth-order valence-corrected chi connectivity index (χ4v) is 3.69. The number of benzene rings is 2. The predicted octanol–water partition coefficient (Wildman–Crippen LogP) is 3.41. The van der Waals surface area contributed by atoms with Crippen molar-refractivity contribution in [2.75, 3.05) is 25.1 Å². The van der Waals surface area contributed by atoms with E-state index in [0.29, 0.717) is 6.54 Å². The minimum absolute atomic E-state index is 0.0566. The molecule has 1 aliphatic heterocycles. The third-order valence-electron chi connectivity index (χ3n) is 5.42. The number of hydrogen-bond acceptors (Lipinski definition) is 4. The summed E-state index contributed by atoms with van der Waals surface area (Å²) in [6, 6.07) is 14.0. The molecular formula is C22H26N4O2. The number of aromatic amines is 1. The van der Waals surface area contributed by atoms with Gasteiger partial charge in [0.1, 0.15) is 5.75 Å². The van der Waals surface area contributed by atoms with Crippen LogP contribution in [0.25, 0.3) is 11.0 Å². The van der Waals surface area contributed by atoms with E-state index >= 15 is 0 Å². The molecule has 1 fully saturated rings. The van der Waals surface area contributed by atoms with Crippen molar-refractivity contribution in [3.05, 3.63) is 53.6 Å². The number of imidazole rings is 1. The van der Waals surface area contributed by atoms with Gasteiger partial charge in [-0.25, -0.2) is 4.98 Å². The fourth-order valence-electron chi connectivity index (χ4n) is 3.69. The van der Waals surface area contributed by atoms with Crippen LogP contribution in [0.1, 0.15) is 24.0 Å². The highest BCUT2D eigenvalue weighted by Crippen LogP contribution is 2.24. The van der Waals surface area contributed by atoms with Gasteiger partial charge in [0.15, 0.2) is 0 Å². The van der Waals surface area contributed by atoms with E-state index in [9.17, 15) is 4.79 Å². The Morgan fingerprint density at radius 3 is 2.68 bits per heavy atom. The van der Waals surface area contributed by atoms with Crippen molar-refractivity contribution in [3.63, 3.8) is 0 Å². The van der Waals surface area contributed by atoms with Crippen LogP contribution in [-0.2, 0) is 11.3 Å². The molecule has 1 saturated heterocycles. The van der Waals surface area contributed by atoms with Crippen molar-refractivity contribution in [2.24, 2.45) is 5.92 Å². The number of H-pyrrole nitrogens is 1. The van der Waals surface area contributed by atoms with E-state index in [4.69, 9.17) is 9.72 Å². The maximum absolute atomic E-state index is 12.5. The number of methoxy groups -OCH3 is 1. The van der Waals surface area contributed by atoms with Gasteiger partial charge < -0.3 is 19.9 Å². The smallest absolute Gasteiger partial charge is 0.223 e. The van der Waals surface area contributed by atoms with Crippen LogP contribution in [0.3, 0.4) is 0 Å². The number of carbonyl (C=O) groups is 1. The number of amides is 1. The number of hydrogen-bond donors (Lipinski definition) is 2. The van der Waals surface area contributed by atoms with Crippen LogP contribution in [0.4, 0.5) is 5.95 Å². The molecule has 1 amide bonds. The summed E-state index contributed by atoms with van der Waals surface area (Å²) < 4.78 is 5.16. The summed E-state index contributed by atoms with van der Waals surface area (Å²) in [5.41, 5.74) is 4.34. The Labute approximate surface area is 164 Å². The summed E-state index contributed by atoms with van der Waals surface area (Å²) in [6.07, 6.45) is 1.68. The van der Waals surface area contributed by atoms with E-state index in [2.05, 4.69) is 34.3 Å². The Morgan fingerprint density at radius 1 is 1.21 bits per heavy atom. The molecule has 146 valence electrons. The van der Waals surface area contributed by atoms with Crippen molar-refractivity contribution in [1.29, 1.82) is 0 Å². The molecule has 0 aliphatic carbocycles.